The zero-order valence-electron chi connectivity index (χ0n) is 3.49. The van der Waals surface area contributed by atoms with Gasteiger partial charge in [0.2, 0.25) is 0 Å². The Morgan fingerprint density at radius 3 is 1.60 bits per heavy atom. The van der Waals surface area contributed by atoms with Gasteiger partial charge in [0.25, 0.3) is 0 Å². The van der Waals surface area contributed by atoms with Gasteiger partial charge in [0.05, 0.1) is 0 Å². The molecule has 0 aliphatic carbocycles. The van der Waals surface area contributed by atoms with Crippen molar-refractivity contribution in [2.45, 2.75) is 13.8 Å². The van der Waals surface area contributed by atoms with Gasteiger partial charge in [-0.15, -0.1) is 0 Å². The van der Waals surface area contributed by atoms with Crippen molar-refractivity contribution in [2.24, 2.45) is 0 Å². The molecule has 0 fully saturated rings. The average molecular weight is 115 g/mol. The summed E-state index contributed by atoms with van der Waals surface area (Å²) < 4.78 is 0. The third kappa shape index (κ3) is 4.25. The van der Waals surface area contributed by atoms with Crippen molar-refractivity contribution in [1.29, 1.82) is 0 Å². The first-order valence-electron chi connectivity index (χ1n) is 1.54. The minimum absolute atomic E-state index is 1.35. The quantitative estimate of drug-likeness (QED) is 0.436. The van der Waals surface area contributed by atoms with Crippen molar-refractivity contribution in [3.63, 3.8) is 0 Å². The molecule has 33 valence electrons. The summed E-state index contributed by atoms with van der Waals surface area (Å²) in [6.45, 7) is 4.08. The molecule has 1 heteroatoms. The summed E-state index contributed by atoms with van der Waals surface area (Å²) in [6.07, 6.45) is 0. The summed E-state index contributed by atoms with van der Waals surface area (Å²) >= 11 is 1.35. The van der Waals surface area contributed by atoms with Crippen LogP contribution in [-0.4, -0.2) is 9.91 Å². The monoisotopic (exact) mass is 115 g/mol. The summed E-state index contributed by atoms with van der Waals surface area (Å²) in [7, 11) is 0. The van der Waals surface area contributed by atoms with E-state index in [2.05, 4.69) is 9.91 Å². The molecule has 0 aromatic carbocycles. The van der Waals surface area contributed by atoms with E-state index in [4.69, 9.17) is 0 Å². The minimum atomic E-state index is 1.35. The fourth-order valence-electron chi connectivity index (χ4n) is 0.111. The van der Waals surface area contributed by atoms with Crippen molar-refractivity contribution in [2.75, 3.05) is 0 Å². The van der Waals surface area contributed by atoms with Crippen LogP contribution in [0, 0.1) is 0 Å². The van der Waals surface area contributed by atoms with Crippen LogP contribution < -0.4 is 0 Å². The van der Waals surface area contributed by atoms with Crippen LogP contribution in [0.1, 0.15) is 13.8 Å². The van der Waals surface area contributed by atoms with Crippen LogP contribution in [-0.2, 0) is 13.8 Å². The molecule has 0 N–H and O–H groups in total. The third-order valence-corrected chi connectivity index (χ3v) is 0.916. The number of hydrogen-bond acceptors (Lipinski definition) is 0. The average Bonchev–Trinajstić information content (AvgIpc) is 1.41. The van der Waals surface area contributed by atoms with Gasteiger partial charge in [-0.05, 0) is 0 Å². The molecule has 5 heavy (non-hydrogen) atoms. The molecule has 0 saturated carbocycles. The molecule has 0 amide bonds. The predicted molar refractivity (Wildman–Crippen MR) is 23.5 cm³/mol. The molecule has 0 spiro atoms. The standard InChI is InChI=1S/2C2H4.Co/c2*1-2;/h2*1H,2H3;. The van der Waals surface area contributed by atoms with Gasteiger partial charge in [-0.25, -0.2) is 0 Å². The fourth-order valence-corrected chi connectivity index (χ4v) is 0.458. The molecule has 0 radical (unpaired) electrons. The van der Waals surface area contributed by atoms with Crippen molar-refractivity contribution in [1.82, 2.24) is 0 Å². The molecule has 0 nitrogen and oxygen atoms in total. The zero-order chi connectivity index (χ0) is 4.12. The second kappa shape index (κ2) is 4.25. The van der Waals surface area contributed by atoms with E-state index in [1.165, 1.54) is 13.8 Å². The van der Waals surface area contributed by atoms with Crippen LogP contribution >= 0.6 is 0 Å². The van der Waals surface area contributed by atoms with Crippen molar-refractivity contribution >= 4 is 9.91 Å². The maximum absolute atomic E-state index is 2.09. The van der Waals surface area contributed by atoms with Gasteiger partial charge < -0.3 is 0 Å². The van der Waals surface area contributed by atoms with Gasteiger partial charge in [-0.2, -0.15) is 0 Å². The summed E-state index contributed by atoms with van der Waals surface area (Å²) in [5.74, 6) is 0. The molecule has 0 aromatic heterocycles. The van der Waals surface area contributed by atoms with E-state index in [1.54, 1.807) is 0 Å². The first kappa shape index (κ1) is 5.25. The van der Waals surface area contributed by atoms with Crippen LogP contribution in [0.25, 0.3) is 0 Å². The Morgan fingerprint density at radius 2 is 1.60 bits per heavy atom. The Bertz CT molecular complexity index is 52.0. The maximum atomic E-state index is 2.09. The zero-order valence-corrected chi connectivity index (χ0v) is 4.53. The van der Waals surface area contributed by atoms with Gasteiger partial charge in [0.15, 0.2) is 0 Å². The fraction of sp³-hybridized carbons (Fsp3) is 0.500. The molecular formula is C4H8Co. The van der Waals surface area contributed by atoms with E-state index in [0.717, 1.165) is 0 Å². The first-order chi connectivity index (χ1) is 2.41. The second-order valence-electron chi connectivity index (χ2n) is 0.496. The Balaban J connectivity index is 3.26. The van der Waals surface area contributed by atoms with Crippen LogP contribution in [0.4, 0.5) is 0 Å². The number of hydrogen-bond donors (Lipinski definition) is 0. The molecular weight excluding hydrogens is 107 g/mol. The van der Waals surface area contributed by atoms with Gasteiger partial charge in [0.1, 0.15) is 0 Å². The van der Waals surface area contributed by atoms with Crippen LogP contribution in [0.3, 0.4) is 0 Å². The Hall–Kier alpha value is 0.246. The molecule has 0 bridgehead atoms. The molecule has 0 aliphatic rings. The van der Waals surface area contributed by atoms with E-state index in [9.17, 15) is 0 Å². The van der Waals surface area contributed by atoms with Gasteiger partial charge in [-0.3, -0.25) is 0 Å². The van der Waals surface area contributed by atoms with Gasteiger partial charge in [-0.1, -0.05) is 0 Å². The van der Waals surface area contributed by atoms with E-state index in [1.807, 2.05) is 13.8 Å². The Kier molecular flexibility index (Phi) is 4.46. The first-order valence-corrected chi connectivity index (χ1v) is 2.74. The van der Waals surface area contributed by atoms with Crippen molar-refractivity contribution < 1.29 is 13.8 Å². The molecule has 0 atom stereocenters. The van der Waals surface area contributed by atoms with Crippen LogP contribution in [0.15, 0.2) is 0 Å². The summed E-state index contributed by atoms with van der Waals surface area (Å²) in [5.41, 5.74) is 0. The van der Waals surface area contributed by atoms with Gasteiger partial charge >= 0.3 is 37.6 Å². The van der Waals surface area contributed by atoms with Crippen LogP contribution in [0.2, 0.25) is 0 Å². The normalized spacial score (nSPS) is 6.80. The SMILES string of the molecule is C[CH]=[Co]=[CH]C. The second-order valence-corrected chi connectivity index (χ2v) is 2.05. The molecule has 0 saturated heterocycles. The van der Waals surface area contributed by atoms with E-state index in [-0.39, 0.29) is 0 Å². The van der Waals surface area contributed by atoms with Crippen molar-refractivity contribution in [3.05, 3.63) is 0 Å². The summed E-state index contributed by atoms with van der Waals surface area (Å²) in [4.78, 5) is 4.19. The molecule has 0 heterocycles. The Morgan fingerprint density at radius 1 is 1.20 bits per heavy atom. The third-order valence-electron chi connectivity index (χ3n) is 0.222. The van der Waals surface area contributed by atoms with Crippen molar-refractivity contribution in [3.8, 4) is 0 Å². The van der Waals surface area contributed by atoms with E-state index < -0.39 is 0 Å². The topological polar surface area (TPSA) is 0 Å². The predicted octanol–water partition coefficient (Wildman–Crippen LogP) is 0.713. The van der Waals surface area contributed by atoms with E-state index in [0.29, 0.717) is 0 Å². The molecule has 0 aliphatic heterocycles. The summed E-state index contributed by atoms with van der Waals surface area (Å²) in [6, 6.07) is 0. The van der Waals surface area contributed by atoms with Gasteiger partial charge in [0, 0.05) is 0 Å². The molecule has 0 aromatic rings. The van der Waals surface area contributed by atoms with Crippen LogP contribution in [0.5, 0.6) is 0 Å². The summed E-state index contributed by atoms with van der Waals surface area (Å²) in [5, 5.41) is 0. The molecule has 0 unspecified atom stereocenters. The Labute approximate surface area is 38.3 Å². The van der Waals surface area contributed by atoms with E-state index >= 15 is 0 Å². The molecule has 0 rings (SSSR count). The number of rotatable bonds is 0.